The molecule has 1 aromatic heterocycles. The molecule has 1 aliphatic rings. The number of rotatable bonds is 2. The molecule has 2 N–H and O–H groups in total. The van der Waals surface area contributed by atoms with Crippen LogP contribution in [0.1, 0.15) is 32.6 Å². The second-order valence-electron chi connectivity index (χ2n) is 4.71. The van der Waals surface area contributed by atoms with Crippen LogP contribution in [0.15, 0.2) is 6.20 Å². The van der Waals surface area contributed by atoms with E-state index in [-0.39, 0.29) is 0 Å². The monoisotopic (exact) mass is 227 g/mol. The largest absolute Gasteiger partial charge is 0.381 e. The van der Waals surface area contributed by atoms with Crippen molar-refractivity contribution in [3.63, 3.8) is 0 Å². The van der Waals surface area contributed by atoms with Gasteiger partial charge in [0, 0.05) is 12.7 Å². The van der Waals surface area contributed by atoms with Crippen LogP contribution in [0.3, 0.4) is 0 Å². The van der Waals surface area contributed by atoms with E-state index >= 15 is 0 Å². The van der Waals surface area contributed by atoms with Gasteiger partial charge in [-0.15, -0.1) is 0 Å². The van der Waals surface area contributed by atoms with Crippen LogP contribution >= 0.6 is 11.6 Å². The van der Waals surface area contributed by atoms with Crippen molar-refractivity contribution in [2.45, 2.75) is 39.2 Å². The van der Waals surface area contributed by atoms with Gasteiger partial charge >= 0.3 is 0 Å². The van der Waals surface area contributed by atoms with E-state index in [1.54, 1.807) is 0 Å². The van der Waals surface area contributed by atoms with Gasteiger partial charge in [0.15, 0.2) is 5.82 Å². The second-order valence-corrected chi connectivity index (χ2v) is 5.12. The molecule has 0 radical (unpaired) electrons. The van der Waals surface area contributed by atoms with Crippen LogP contribution in [0.25, 0.3) is 0 Å². The Labute approximate surface area is 95.6 Å². The molecule has 4 heteroatoms. The molecular formula is C11H18ClN3. The first kappa shape index (κ1) is 10.8. The number of nitrogens with zero attached hydrogens (tertiary/aromatic N) is 2. The van der Waals surface area contributed by atoms with Crippen molar-refractivity contribution < 1.29 is 0 Å². The molecule has 15 heavy (non-hydrogen) atoms. The van der Waals surface area contributed by atoms with E-state index in [0.29, 0.717) is 10.8 Å². The van der Waals surface area contributed by atoms with Gasteiger partial charge in [-0.25, -0.2) is 0 Å². The third-order valence-corrected chi connectivity index (χ3v) is 3.62. The summed E-state index contributed by atoms with van der Waals surface area (Å²) in [5, 5.41) is 4.75. The number of aromatic nitrogens is 2. The minimum Gasteiger partial charge on any atom is -0.381 e. The van der Waals surface area contributed by atoms with E-state index in [4.69, 9.17) is 17.3 Å². The van der Waals surface area contributed by atoms with E-state index in [2.05, 4.69) is 12.0 Å². The molecule has 0 unspecified atom stereocenters. The van der Waals surface area contributed by atoms with Gasteiger partial charge in [-0.1, -0.05) is 31.4 Å². The molecule has 3 nitrogen and oxygen atoms in total. The number of hydrogen-bond donors (Lipinski definition) is 1. The van der Waals surface area contributed by atoms with Gasteiger partial charge < -0.3 is 5.73 Å². The van der Waals surface area contributed by atoms with Crippen LogP contribution in [-0.2, 0) is 6.54 Å². The molecule has 0 amide bonds. The second kappa shape index (κ2) is 4.44. The van der Waals surface area contributed by atoms with Crippen molar-refractivity contribution in [2.75, 3.05) is 5.73 Å². The average molecular weight is 228 g/mol. The molecule has 0 saturated heterocycles. The zero-order valence-corrected chi connectivity index (χ0v) is 9.87. The number of anilines is 1. The molecule has 0 atom stereocenters. The smallest absolute Gasteiger partial charge is 0.164 e. The topological polar surface area (TPSA) is 43.8 Å². The standard InChI is InChI=1S/C11H18ClN3/c1-8-2-4-9(5-3-8)6-15-7-10(12)11(13)14-15/h7-9H,2-6H2,1H3,(H2,13,14). The molecule has 0 aliphatic heterocycles. The fourth-order valence-electron chi connectivity index (χ4n) is 2.28. The van der Waals surface area contributed by atoms with Crippen molar-refractivity contribution in [1.29, 1.82) is 0 Å². The first-order valence-electron chi connectivity index (χ1n) is 5.63. The Kier molecular flexibility index (Phi) is 3.19. The summed E-state index contributed by atoms with van der Waals surface area (Å²) in [7, 11) is 0. The molecule has 1 fully saturated rings. The van der Waals surface area contributed by atoms with Crippen LogP contribution in [-0.4, -0.2) is 9.78 Å². The SMILES string of the molecule is CC1CCC(Cn2cc(Cl)c(N)n2)CC1. The van der Waals surface area contributed by atoms with Gasteiger partial charge in [0.2, 0.25) is 0 Å². The number of nitrogen functional groups attached to an aromatic ring is 1. The summed E-state index contributed by atoms with van der Waals surface area (Å²) in [5.41, 5.74) is 5.60. The fraction of sp³-hybridized carbons (Fsp3) is 0.727. The summed E-state index contributed by atoms with van der Waals surface area (Å²) in [4.78, 5) is 0. The average Bonchev–Trinajstić information content (AvgIpc) is 2.50. The van der Waals surface area contributed by atoms with Gasteiger partial charge in [0.1, 0.15) is 5.02 Å². The van der Waals surface area contributed by atoms with Crippen LogP contribution < -0.4 is 5.73 Å². The Morgan fingerprint density at radius 3 is 2.67 bits per heavy atom. The fourth-order valence-corrected chi connectivity index (χ4v) is 2.43. The van der Waals surface area contributed by atoms with E-state index in [1.165, 1.54) is 25.7 Å². The van der Waals surface area contributed by atoms with Crippen LogP contribution in [0.2, 0.25) is 5.02 Å². The molecule has 1 heterocycles. The van der Waals surface area contributed by atoms with Crippen molar-refractivity contribution in [2.24, 2.45) is 11.8 Å². The summed E-state index contributed by atoms with van der Waals surface area (Å²) >= 11 is 5.86. The minimum absolute atomic E-state index is 0.445. The number of halogens is 1. The molecule has 0 aromatic carbocycles. The van der Waals surface area contributed by atoms with Gasteiger partial charge in [-0.3, -0.25) is 4.68 Å². The molecule has 84 valence electrons. The predicted octanol–water partition coefficient (Wildman–Crippen LogP) is 2.95. The predicted molar refractivity (Wildman–Crippen MR) is 62.8 cm³/mol. The summed E-state index contributed by atoms with van der Waals surface area (Å²) in [6, 6.07) is 0. The number of nitrogens with two attached hydrogens (primary N) is 1. The maximum Gasteiger partial charge on any atom is 0.164 e. The lowest BCUT2D eigenvalue weighted by atomic mass is 9.83. The maximum absolute atomic E-state index is 5.86. The molecule has 0 spiro atoms. The summed E-state index contributed by atoms with van der Waals surface area (Å²) in [6.07, 6.45) is 7.12. The van der Waals surface area contributed by atoms with Crippen molar-refractivity contribution in [3.8, 4) is 0 Å². The molecule has 1 aromatic rings. The van der Waals surface area contributed by atoms with Crippen molar-refractivity contribution >= 4 is 17.4 Å². The third-order valence-electron chi connectivity index (χ3n) is 3.32. The van der Waals surface area contributed by atoms with Crippen molar-refractivity contribution in [3.05, 3.63) is 11.2 Å². The van der Waals surface area contributed by atoms with Crippen LogP contribution in [0.5, 0.6) is 0 Å². The highest BCUT2D eigenvalue weighted by Gasteiger charge is 2.19. The lowest BCUT2D eigenvalue weighted by Crippen LogP contribution is -2.18. The summed E-state index contributed by atoms with van der Waals surface area (Å²) in [5.74, 6) is 2.09. The van der Waals surface area contributed by atoms with Crippen LogP contribution in [0.4, 0.5) is 5.82 Å². The Morgan fingerprint density at radius 2 is 2.13 bits per heavy atom. The normalized spacial score (nSPS) is 26.8. The van der Waals surface area contributed by atoms with E-state index in [0.717, 1.165) is 18.4 Å². The molecule has 2 rings (SSSR count). The Balaban J connectivity index is 1.91. The molecule has 1 saturated carbocycles. The maximum atomic E-state index is 5.86. The number of hydrogen-bond acceptors (Lipinski definition) is 2. The highest BCUT2D eigenvalue weighted by atomic mass is 35.5. The first-order valence-corrected chi connectivity index (χ1v) is 6.01. The van der Waals surface area contributed by atoms with Crippen molar-refractivity contribution in [1.82, 2.24) is 9.78 Å². The molecular weight excluding hydrogens is 210 g/mol. The minimum atomic E-state index is 0.445. The van der Waals surface area contributed by atoms with E-state index in [1.807, 2.05) is 10.9 Å². The zero-order valence-electron chi connectivity index (χ0n) is 9.12. The Bertz CT molecular complexity index is 307. The van der Waals surface area contributed by atoms with Gasteiger partial charge in [-0.2, -0.15) is 5.10 Å². The summed E-state index contributed by atoms with van der Waals surface area (Å²) in [6.45, 7) is 3.29. The Hall–Kier alpha value is -0.700. The third kappa shape index (κ3) is 2.65. The molecule has 0 bridgehead atoms. The highest BCUT2D eigenvalue weighted by molar-refractivity contribution is 6.32. The van der Waals surface area contributed by atoms with Crippen LogP contribution in [0, 0.1) is 11.8 Å². The zero-order chi connectivity index (χ0) is 10.8. The lowest BCUT2D eigenvalue weighted by molar-refractivity contribution is 0.258. The lowest BCUT2D eigenvalue weighted by Gasteiger charge is -2.25. The van der Waals surface area contributed by atoms with Gasteiger partial charge in [0.05, 0.1) is 0 Å². The van der Waals surface area contributed by atoms with Gasteiger partial charge in [0.25, 0.3) is 0 Å². The Morgan fingerprint density at radius 1 is 1.47 bits per heavy atom. The highest BCUT2D eigenvalue weighted by Crippen LogP contribution is 2.29. The van der Waals surface area contributed by atoms with E-state index < -0.39 is 0 Å². The summed E-state index contributed by atoms with van der Waals surface area (Å²) < 4.78 is 1.89. The first-order chi connectivity index (χ1) is 7.15. The van der Waals surface area contributed by atoms with E-state index in [9.17, 15) is 0 Å². The molecule has 1 aliphatic carbocycles. The van der Waals surface area contributed by atoms with Gasteiger partial charge in [-0.05, 0) is 24.7 Å². The quantitative estimate of drug-likeness (QED) is 0.844.